The number of hydrogen-bond donors (Lipinski definition) is 0. The molecule has 2 rings (SSSR count). The van der Waals surface area contributed by atoms with Gasteiger partial charge in [0.25, 0.3) is 0 Å². The molecule has 0 N–H and O–H groups in total. The van der Waals surface area contributed by atoms with Gasteiger partial charge in [0.1, 0.15) is 0 Å². The third-order valence-electron chi connectivity index (χ3n) is 1.92. The molecule has 0 spiro atoms. The van der Waals surface area contributed by atoms with Gasteiger partial charge in [-0.25, -0.2) is 0 Å². The Hall–Kier alpha value is 0.0934. The Labute approximate surface area is 96.5 Å². The van der Waals surface area contributed by atoms with Crippen LogP contribution in [0.2, 0.25) is 0 Å². The molecule has 1 fully saturated rings. The predicted molar refractivity (Wildman–Crippen MR) is 57.0 cm³/mol. The van der Waals surface area contributed by atoms with E-state index in [2.05, 4.69) is 0 Å². The van der Waals surface area contributed by atoms with Crippen LogP contribution in [0, 0.1) is 0 Å². The maximum absolute atomic E-state index is 5.83. The summed E-state index contributed by atoms with van der Waals surface area (Å²) in [6.07, 6.45) is 2.74. The summed E-state index contributed by atoms with van der Waals surface area (Å²) in [6, 6.07) is 7.89. The van der Waals surface area contributed by atoms with Crippen molar-refractivity contribution in [3.05, 3.63) is 29.8 Å². The fourth-order valence-electron chi connectivity index (χ4n) is 1.12. The van der Waals surface area contributed by atoms with Crippen molar-refractivity contribution in [1.82, 2.24) is 0 Å². The second kappa shape index (κ2) is 4.74. The Balaban J connectivity index is 2.22. The van der Waals surface area contributed by atoms with E-state index in [1.807, 2.05) is 28.9 Å². The fourth-order valence-corrected chi connectivity index (χ4v) is 2.93. The maximum atomic E-state index is 5.83. The first-order valence-corrected chi connectivity index (χ1v) is 9.82. The molecule has 0 amide bonds. The molecule has 1 nitrogen and oxygen atoms in total. The molecule has 0 bridgehead atoms. The van der Waals surface area contributed by atoms with Gasteiger partial charge in [0.2, 0.25) is 0 Å². The first kappa shape index (κ1) is 10.6. The Kier molecular flexibility index (Phi) is 3.59. The number of para-hydroxylation sites is 1. The summed E-state index contributed by atoms with van der Waals surface area (Å²) in [4.78, 5) is 0. The van der Waals surface area contributed by atoms with Gasteiger partial charge < -0.3 is 0 Å². The summed E-state index contributed by atoms with van der Waals surface area (Å²) in [6.45, 7) is 0. The van der Waals surface area contributed by atoms with Crippen molar-refractivity contribution >= 4 is 24.0 Å². The first-order valence-electron chi connectivity index (χ1n) is 4.34. The fraction of sp³-hybridized carbons (Fsp3) is 0.300. The van der Waals surface area contributed by atoms with Gasteiger partial charge in [-0.2, -0.15) is 0 Å². The van der Waals surface area contributed by atoms with Crippen LogP contribution in [-0.4, -0.2) is 10.7 Å². The molecule has 0 aliphatic heterocycles. The van der Waals surface area contributed by atoms with Crippen LogP contribution >= 0.6 is 19.4 Å². The Morgan fingerprint density at radius 2 is 2.00 bits per heavy atom. The van der Waals surface area contributed by atoms with E-state index >= 15 is 0 Å². The Morgan fingerprint density at radius 1 is 1.29 bits per heavy atom. The van der Waals surface area contributed by atoms with E-state index in [-0.39, 0.29) is 0 Å². The molecule has 0 unspecified atom stereocenters. The zero-order valence-corrected chi connectivity index (χ0v) is 10.6. The molecule has 78 valence electrons. The zero-order chi connectivity index (χ0) is 9.97. The summed E-state index contributed by atoms with van der Waals surface area (Å²) >= 11 is -1.75. The summed E-state index contributed by atoms with van der Waals surface area (Å²) in [5.74, 6) is 0.912. The summed E-state index contributed by atoms with van der Waals surface area (Å²) < 4.78 is 7.65. The minimum atomic E-state index is -1.75. The second-order valence-corrected chi connectivity index (χ2v) is 8.89. The van der Waals surface area contributed by atoms with Gasteiger partial charge in [-0.1, -0.05) is 0 Å². The quantitative estimate of drug-likeness (QED) is 0.777. The summed E-state index contributed by atoms with van der Waals surface area (Å²) in [5, 5.41) is 0. The van der Waals surface area contributed by atoms with Gasteiger partial charge in [0, 0.05) is 0 Å². The normalized spacial score (nSPS) is 16.3. The average molecular weight is 318 g/mol. The standard InChI is InChI=1S/C10H10O.2ClH.Ru/c1-8-4-2-3-5-10(8)11-9-6-7-9;;;/h1-5,9H,6-7H2;2*1H;/q;;;+2/p-2. The van der Waals surface area contributed by atoms with Crippen molar-refractivity contribution in [2.75, 3.05) is 0 Å². The van der Waals surface area contributed by atoms with Crippen molar-refractivity contribution < 1.29 is 18.3 Å². The van der Waals surface area contributed by atoms with E-state index in [1.165, 1.54) is 0 Å². The predicted octanol–water partition coefficient (Wildman–Crippen LogP) is 3.30. The number of halogens is 2. The number of benzene rings is 1. The van der Waals surface area contributed by atoms with Gasteiger partial charge in [-0.3, -0.25) is 0 Å². The molecule has 0 atom stereocenters. The third-order valence-corrected chi connectivity index (χ3v) is 3.76. The van der Waals surface area contributed by atoms with Crippen molar-refractivity contribution in [1.29, 1.82) is 0 Å². The first-order chi connectivity index (χ1) is 6.75. The van der Waals surface area contributed by atoms with E-state index in [0.717, 1.165) is 24.2 Å². The van der Waals surface area contributed by atoms with Crippen LogP contribution in [0.4, 0.5) is 0 Å². The minimum absolute atomic E-state index is 0.413. The van der Waals surface area contributed by atoms with Crippen LogP contribution < -0.4 is 4.74 Å². The second-order valence-electron chi connectivity index (χ2n) is 3.16. The van der Waals surface area contributed by atoms with Gasteiger partial charge >= 0.3 is 96.8 Å². The topological polar surface area (TPSA) is 9.23 Å². The number of hydrogen-bond acceptors (Lipinski definition) is 1. The van der Waals surface area contributed by atoms with Crippen molar-refractivity contribution in [2.45, 2.75) is 18.9 Å². The molecule has 4 heteroatoms. The van der Waals surface area contributed by atoms with E-state index < -0.39 is 13.5 Å². The molecule has 1 saturated carbocycles. The van der Waals surface area contributed by atoms with Crippen LogP contribution in [0.1, 0.15) is 18.4 Å². The van der Waals surface area contributed by atoms with Crippen LogP contribution in [0.5, 0.6) is 5.75 Å². The van der Waals surface area contributed by atoms with E-state index in [0.29, 0.717) is 6.10 Å². The molecule has 1 aliphatic rings. The monoisotopic (exact) mass is 318 g/mol. The van der Waals surface area contributed by atoms with E-state index in [9.17, 15) is 0 Å². The average Bonchev–Trinajstić information content (AvgIpc) is 2.91. The van der Waals surface area contributed by atoms with Gasteiger partial charge in [0.05, 0.1) is 0 Å². The summed E-state index contributed by atoms with van der Waals surface area (Å²) in [5.41, 5.74) is 1.03. The molecule has 1 aliphatic carbocycles. The molecule has 1 aromatic carbocycles. The molecule has 0 saturated heterocycles. The van der Waals surface area contributed by atoms with E-state index in [1.54, 1.807) is 0 Å². The Morgan fingerprint density at radius 3 is 2.64 bits per heavy atom. The third kappa shape index (κ3) is 3.05. The van der Waals surface area contributed by atoms with Crippen LogP contribution in [0.25, 0.3) is 0 Å². The van der Waals surface area contributed by atoms with Gasteiger partial charge in [0.15, 0.2) is 0 Å². The van der Waals surface area contributed by atoms with Crippen molar-refractivity contribution in [2.24, 2.45) is 0 Å². The van der Waals surface area contributed by atoms with Crippen LogP contribution in [0.3, 0.4) is 0 Å². The van der Waals surface area contributed by atoms with Crippen LogP contribution in [0.15, 0.2) is 24.3 Å². The number of ether oxygens (including phenoxy) is 1. The molecule has 0 radical (unpaired) electrons. The Bertz CT molecular complexity index is 357. The molecule has 14 heavy (non-hydrogen) atoms. The van der Waals surface area contributed by atoms with Crippen LogP contribution in [-0.2, 0) is 13.5 Å². The summed E-state index contributed by atoms with van der Waals surface area (Å²) in [7, 11) is 11.7. The molecular weight excluding hydrogens is 308 g/mol. The zero-order valence-electron chi connectivity index (χ0n) is 7.40. The SMILES string of the molecule is [Cl][Ru]([Cl])=[CH]c1ccccc1OC1CC1. The molecular formula is C10H10Cl2ORu. The molecule has 1 aromatic rings. The molecule has 0 heterocycles. The van der Waals surface area contributed by atoms with E-state index in [4.69, 9.17) is 24.1 Å². The molecule has 0 aromatic heterocycles. The van der Waals surface area contributed by atoms with Gasteiger partial charge in [-0.05, 0) is 0 Å². The van der Waals surface area contributed by atoms with Crippen molar-refractivity contribution in [3.8, 4) is 5.75 Å². The van der Waals surface area contributed by atoms with Crippen molar-refractivity contribution in [3.63, 3.8) is 0 Å². The number of rotatable bonds is 3. The van der Waals surface area contributed by atoms with Gasteiger partial charge in [-0.15, -0.1) is 0 Å².